The van der Waals surface area contributed by atoms with Crippen LogP contribution in [0.25, 0.3) is 6.08 Å². The summed E-state index contributed by atoms with van der Waals surface area (Å²) < 4.78 is 0. The number of amides is 2. The SMILES string of the molecule is O=C1NC(=S)N(c2ccccc2Cl)C(=O)C1=Cc1ccc2c(c1)CCN2CCCCl. The summed E-state index contributed by atoms with van der Waals surface area (Å²) in [5.41, 5.74) is 3.62. The van der Waals surface area contributed by atoms with E-state index >= 15 is 0 Å². The molecule has 4 rings (SSSR count). The molecule has 2 amide bonds. The molecule has 2 aliphatic rings. The van der Waals surface area contributed by atoms with Crippen LogP contribution in [0, 0.1) is 0 Å². The Morgan fingerprint density at radius 3 is 2.70 bits per heavy atom. The summed E-state index contributed by atoms with van der Waals surface area (Å²) >= 11 is 17.3. The maximum atomic E-state index is 13.1. The molecular weight excluding hydrogens is 441 g/mol. The van der Waals surface area contributed by atoms with Crippen LogP contribution >= 0.6 is 35.4 Å². The smallest absolute Gasteiger partial charge is 0.270 e. The summed E-state index contributed by atoms with van der Waals surface area (Å²) in [6.07, 6.45) is 3.45. The van der Waals surface area contributed by atoms with E-state index in [1.54, 1.807) is 30.3 Å². The van der Waals surface area contributed by atoms with Gasteiger partial charge in [-0.1, -0.05) is 29.8 Å². The van der Waals surface area contributed by atoms with Crippen molar-refractivity contribution in [3.63, 3.8) is 0 Å². The number of para-hydroxylation sites is 1. The lowest BCUT2D eigenvalue weighted by Gasteiger charge is -2.29. The molecule has 2 aromatic carbocycles. The molecule has 5 nitrogen and oxygen atoms in total. The van der Waals surface area contributed by atoms with Gasteiger partial charge in [0.15, 0.2) is 5.11 Å². The third-order valence-electron chi connectivity index (χ3n) is 5.16. The predicted molar refractivity (Wildman–Crippen MR) is 125 cm³/mol. The summed E-state index contributed by atoms with van der Waals surface area (Å²) in [4.78, 5) is 29.2. The Hall–Kier alpha value is -2.41. The van der Waals surface area contributed by atoms with E-state index < -0.39 is 11.8 Å². The topological polar surface area (TPSA) is 52.7 Å². The number of thiocarbonyl (C=S) groups is 1. The number of halogens is 2. The Bertz CT molecular complexity index is 1070. The van der Waals surface area contributed by atoms with Crippen LogP contribution in [0.5, 0.6) is 0 Å². The Kier molecular flexibility index (Phi) is 6.09. The first-order valence-corrected chi connectivity index (χ1v) is 10.9. The van der Waals surface area contributed by atoms with E-state index in [9.17, 15) is 9.59 Å². The molecule has 1 fully saturated rings. The Morgan fingerprint density at radius 2 is 1.93 bits per heavy atom. The molecule has 0 aromatic heterocycles. The Balaban J connectivity index is 1.65. The van der Waals surface area contributed by atoms with Gasteiger partial charge in [0.25, 0.3) is 11.8 Å². The number of hydrogen-bond donors (Lipinski definition) is 1. The first kappa shape index (κ1) is 20.8. The maximum absolute atomic E-state index is 13.1. The summed E-state index contributed by atoms with van der Waals surface area (Å²) in [7, 11) is 0. The van der Waals surface area contributed by atoms with Crippen molar-refractivity contribution in [2.24, 2.45) is 0 Å². The Morgan fingerprint density at radius 1 is 1.13 bits per heavy atom. The third kappa shape index (κ3) is 3.95. The van der Waals surface area contributed by atoms with Gasteiger partial charge in [0.2, 0.25) is 0 Å². The monoisotopic (exact) mass is 459 g/mol. The number of nitrogens with zero attached hydrogens (tertiary/aromatic N) is 2. The molecular formula is C22H19Cl2N3O2S. The van der Waals surface area contributed by atoms with Crippen molar-refractivity contribution < 1.29 is 9.59 Å². The van der Waals surface area contributed by atoms with Crippen LogP contribution in [0.15, 0.2) is 48.0 Å². The second-order valence-corrected chi connectivity index (χ2v) is 8.25. The van der Waals surface area contributed by atoms with E-state index in [4.69, 9.17) is 35.4 Å². The van der Waals surface area contributed by atoms with E-state index in [0.717, 1.165) is 31.5 Å². The molecule has 0 unspecified atom stereocenters. The molecule has 2 aromatic rings. The van der Waals surface area contributed by atoms with Crippen molar-refractivity contribution in [3.8, 4) is 0 Å². The normalized spacial score (nSPS) is 17.5. The number of fused-ring (bicyclic) bond motifs is 1. The average Bonchev–Trinajstić information content (AvgIpc) is 3.13. The van der Waals surface area contributed by atoms with Gasteiger partial charge < -0.3 is 4.90 Å². The summed E-state index contributed by atoms with van der Waals surface area (Å²) in [6, 6.07) is 12.8. The van der Waals surface area contributed by atoms with Gasteiger partial charge in [-0.15, -0.1) is 11.6 Å². The highest BCUT2D eigenvalue weighted by Gasteiger charge is 2.35. The maximum Gasteiger partial charge on any atom is 0.270 e. The average molecular weight is 460 g/mol. The second-order valence-electron chi connectivity index (χ2n) is 7.08. The minimum atomic E-state index is -0.516. The van der Waals surface area contributed by atoms with E-state index in [1.165, 1.54) is 16.2 Å². The second kappa shape index (κ2) is 8.76. The molecule has 154 valence electrons. The molecule has 0 bridgehead atoms. The standard InChI is InChI=1S/C22H19Cl2N3O2S/c23-9-3-10-26-11-8-15-12-14(6-7-18(15)26)13-16-20(28)25-22(30)27(21(16)29)19-5-2-1-4-17(19)24/h1-2,4-7,12-13H,3,8-11H2,(H,25,28,30). The van der Waals surface area contributed by atoms with Crippen LogP contribution in [-0.4, -0.2) is 35.9 Å². The number of alkyl halides is 1. The molecule has 2 heterocycles. The fourth-order valence-corrected chi connectivity index (χ4v) is 4.35. The predicted octanol–water partition coefficient (Wildman–Crippen LogP) is 4.16. The number of carbonyl (C=O) groups excluding carboxylic acids is 2. The van der Waals surface area contributed by atoms with Crippen LogP contribution in [0.2, 0.25) is 5.02 Å². The van der Waals surface area contributed by atoms with Gasteiger partial charge in [-0.3, -0.25) is 19.8 Å². The number of carbonyl (C=O) groups is 2. The molecule has 0 spiro atoms. The van der Waals surface area contributed by atoms with Crippen molar-refractivity contribution in [2.45, 2.75) is 12.8 Å². The quantitative estimate of drug-likeness (QED) is 0.315. The fraction of sp³-hybridized carbons (Fsp3) is 0.227. The first-order valence-electron chi connectivity index (χ1n) is 9.59. The number of nitrogens with one attached hydrogen (secondary N) is 1. The lowest BCUT2D eigenvalue weighted by molar-refractivity contribution is -0.122. The fourth-order valence-electron chi connectivity index (χ4n) is 3.74. The molecule has 1 saturated heterocycles. The zero-order chi connectivity index (χ0) is 21.3. The van der Waals surface area contributed by atoms with Gasteiger partial charge in [-0.05, 0) is 66.5 Å². The molecule has 0 atom stereocenters. The van der Waals surface area contributed by atoms with Crippen molar-refractivity contribution in [1.29, 1.82) is 0 Å². The molecule has 0 radical (unpaired) electrons. The van der Waals surface area contributed by atoms with Crippen molar-refractivity contribution in [3.05, 3.63) is 64.2 Å². The van der Waals surface area contributed by atoms with Crippen LogP contribution in [0.3, 0.4) is 0 Å². The van der Waals surface area contributed by atoms with Crippen LogP contribution in [-0.2, 0) is 16.0 Å². The minimum absolute atomic E-state index is 0.0131. The lowest BCUT2D eigenvalue weighted by Crippen LogP contribution is -2.54. The van der Waals surface area contributed by atoms with E-state index in [0.29, 0.717) is 16.6 Å². The van der Waals surface area contributed by atoms with Crippen LogP contribution < -0.4 is 15.1 Å². The van der Waals surface area contributed by atoms with Gasteiger partial charge >= 0.3 is 0 Å². The molecule has 1 N–H and O–H groups in total. The van der Waals surface area contributed by atoms with Gasteiger partial charge in [0.1, 0.15) is 5.57 Å². The largest absolute Gasteiger partial charge is 0.371 e. The van der Waals surface area contributed by atoms with Gasteiger partial charge in [-0.25, -0.2) is 0 Å². The number of rotatable bonds is 5. The van der Waals surface area contributed by atoms with Crippen LogP contribution in [0.1, 0.15) is 17.5 Å². The highest BCUT2D eigenvalue weighted by atomic mass is 35.5. The van der Waals surface area contributed by atoms with Crippen molar-refractivity contribution in [2.75, 3.05) is 28.8 Å². The minimum Gasteiger partial charge on any atom is -0.371 e. The molecule has 2 aliphatic heterocycles. The summed E-state index contributed by atoms with van der Waals surface area (Å²) in [5, 5.41) is 2.97. The molecule has 30 heavy (non-hydrogen) atoms. The van der Waals surface area contributed by atoms with E-state index in [-0.39, 0.29) is 10.7 Å². The zero-order valence-electron chi connectivity index (χ0n) is 16.0. The number of benzene rings is 2. The summed E-state index contributed by atoms with van der Waals surface area (Å²) in [5.74, 6) is -0.379. The first-order chi connectivity index (χ1) is 14.5. The zero-order valence-corrected chi connectivity index (χ0v) is 18.4. The van der Waals surface area contributed by atoms with E-state index in [2.05, 4.69) is 10.2 Å². The van der Waals surface area contributed by atoms with Gasteiger partial charge in [0, 0.05) is 24.7 Å². The lowest BCUT2D eigenvalue weighted by atomic mass is 10.0. The number of hydrogen-bond acceptors (Lipinski definition) is 4. The van der Waals surface area contributed by atoms with Crippen molar-refractivity contribution in [1.82, 2.24) is 5.32 Å². The third-order valence-corrected chi connectivity index (χ3v) is 6.03. The van der Waals surface area contributed by atoms with Crippen LogP contribution in [0.4, 0.5) is 11.4 Å². The van der Waals surface area contributed by atoms with E-state index in [1.807, 2.05) is 18.2 Å². The number of anilines is 2. The Labute approximate surface area is 190 Å². The van der Waals surface area contributed by atoms with Crippen molar-refractivity contribution >= 4 is 69.8 Å². The molecule has 0 aliphatic carbocycles. The van der Waals surface area contributed by atoms with Gasteiger partial charge in [0.05, 0.1) is 10.7 Å². The molecule has 0 saturated carbocycles. The summed E-state index contributed by atoms with van der Waals surface area (Å²) in [6.45, 7) is 1.86. The highest BCUT2D eigenvalue weighted by Crippen LogP contribution is 2.31. The van der Waals surface area contributed by atoms with Gasteiger partial charge in [-0.2, -0.15) is 0 Å². The molecule has 8 heteroatoms. The highest BCUT2D eigenvalue weighted by molar-refractivity contribution is 7.80.